The first-order valence-electron chi connectivity index (χ1n) is 8.65. The molecular formula is C20H23N3O2S. The Morgan fingerprint density at radius 3 is 2.73 bits per heavy atom. The van der Waals surface area contributed by atoms with Crippen molar-refractivity contribution in [1.29, 1.82) is 0 Å². The van der Waals surface area contributed by atoms with Crippen molar-refractivity contribution in [2.24, 2.45) is 0 Å². The lowest BCUT2D eigenvalue weighted by molar-refractivity contribution is -0.0241. The summed E-state index contributed by atoms with van der Waals surface area (Å²) in [5.41, 5.74) is 0.427. The molecule has 0 saturated carbocycles. The van der Waals surface area contributed by atoms with Gasteiger partial charge in [-0.3, -0.25) is 9.69 Å². The van der Waals surface area contributed by atoms with Gasteiger partial charge in [0.15, 0.2) is 0 Å². The van der Waals surface area contributed by atoms with E-state index in [-0.39, 0.29) is 5.91 Å². The van der Waals surface area contributed by atoms with Gasteiger partial charge in [-0.05, 0) is 32.0 Å². The number of terminal acetylenes is 1. The van der Waals surface area contributed by atoms with Crippen LogP contribution in [0.2, 0.25) is 0 Å². The van der Waals surface area contributed by atoms with Crippen molar-refractivity contribution >= 4 is 17.2 Å². The van der Waals surface area contributed by atoms with Crippen LogP contribution in [0.3, 0.4) is 0 Å². The minimum atomic E-state index is -0.965. The molecule has 1 aliphatic rings. The molecule has 5 nitrogen and oxygen atoms in total. The van der Waals surface area contributed by atoms with E-state index in [1.54, 1.807) is 4.90 Å². The van der Waals surface area contributed by atoms with Gasteiger partial charge in [0, 0.05) is 24.0 Å². The fourth-order valence-corrected chi connectivity index (χ4v) is 4.10. The Morgan fingerprint density at radius 2 is 2.08 bits per heavy atom. The number of likely N-dealkylation sites (tertiary alicyclic amines) is 1. The first-order valence-corrected chi connectivity index (χ1v) is 9.53. The third kappa shape index (κ3) is 4.13. The van der Waals surface area contributed by atoms with Crippen LogP contribution in [0.1, 0.15) is 33.9 Å². The van der Waals surface area contributed by atoms with Crippen LogP contribution in [0.25, 0.3) is 0 Å². The number of aromatic nitrogens is 1. The Morgan fingerprint density at radius 1 is 1.38 bits per heavy atom. The fourth-order valence-electron chi connectivity index (χ4n) is 3.14. The number of rotatable bonds is 5. The predicted molar refractivity (Wildman–Crippen MR) is 103 cm³/mol. The summed E-state index contributed by atoms with van der Waals surface area (Å²) in [5.74, 6) is 2.63. The molecule has 0 bridgehead atoms. The Kier molecular flexibility index (Phi) is 5.72. The van der Waals surface area contributed by atoms with E-state index in [0.717, 1.165) is 5.01 Å². The number of aliphatic hydroxyl groups is 1. The lowest BCUT2D eigenvalue weighted by atomic mass is 9.88. The van der Waals surface area contributed by atoms with Gasteiger partial charge in [-0.15, -0.1) is 17.8 Å². The summed E-state index contributed by atoms with van der Waals surface area (Å²) in [6.07, 6.45) is 6.31. The van der Waals surface area contributed by atoms with Gasteiger partial charge in [0.1, 0.15) is 10.6 Å². The molecule has 2 heterocycles. The summed E-state index contributed by atoms with van der Waals surface area (Å²) in [6, 6.07) is 9.26. The van der Waals surface area contributed by atoms with Crippen molar-refractivity contribution < 1.29 is 9.90 Å². The number of benzene rings is 1. The summed E-state index contributed by atoms with van der Waals surface area (Å²) in [6.45, 7) is 2.28. The summed E-state index contributed by atoms with van der Waals surface area (Å²) in [7, 11) is 1.95. The largest absolute Gasteiger partial charge is 0.383 e. The van der Waals surface area contributed by atoms with Crippen molar-refractivity contribution in [3.05, 3.63) is 52.0 Å². The number of piperidine rings is 1. The van der Waals surface area contributed by atoms with E-state index in [0.29, 0.717) is 50.3 Å². The van der Waals surface area contributed by atoms with E-state index in [2.05, 4.69) is 10.9 Å². The highest BCUT2D eigenvalue weighted by atomic mass is 32.1. The highest BCUT2D eigenvalue weighted by molar-refractivity contribution is 7.09. The Labute approximate surface area is 158 Å². The highest BCUT2D eigenvalue weighted by Crippen LogP contribution is 2.34. The second-order valence-corrected chi connectivity index (χ2v) is 7.64. The number of hydrogen-bond acceptors (Lipinski definition) is 5. The van der Waals surface area contributed by atoms with Crippen LogP contribution < -0.4 is 0 Å². The lowest BCUT2D eigenvalue weighted by Crippen LogP contribution is -2.45. The van der Waals surface area contributed by atoms with E-state index >= 15 is 0 Å². The molecule has 0 atom stereocenters. The number of amides is 1. The SMILES string of the molecule is C#CCN(C)Cc1nc(C2(O)CCN(C(=O)c3ccccc3)CC2)cs1. The third-order valence-corrected chi connectivity index (χ3v) is 5.53. The van der Waals surface area contributed by atoms with Crippen molar-refractivity contribution in [2.75, 3.05) is 26.7 Å². The van der Waals surface area contributed by atoms with Crippen molar-refractivity contribution in [2.45, 2.75) is 25.0 Å². The van der Waals surface area contributed by atoms with Crippen LogP contribution in [-0.2, 0) is 12.1 Å². The highest BCUT2D eigenvalue weighted by Gasteiger charge is 2.37. The van der Waals surface area contributed by atoms with Crippen molar-refractivity contribution in [3.63, 3.8) is 0 Å². The molecule has 3 rings (SSSR count). The molecular weight excluding hydrogens is 346 g/mol. The lowest BCUT2D eigenvalue weighted by Gasteiger charge is -2.37. The third-order valence-electron chi connectivity index (χ3n) is 4.69. The molecule has 0 radical (unpaired) electrons. The van der Waals surface area contributed by atoms with Crippen LogP contribution >= 0.6 is 11.3 Å². The molecule has 0 unspecified atom stereocenters. The van der Waals surface area contributed by atoms with E-state index < -0.39 is 5.60 Å². The molecule has 2 aromatic rings. The fraction of sp³-hybridized carbons (Fsp3) is 0.400. The number of carbonyl (C=O) groups is 1. The standard InChI is InChI=1S/C20H23N3O2S/c1-3-11-22(2)14-18-21-17(15-26-18)20(25)9-12-23(13-10-20)19(24)16-7-5-4-6-8-16/h1,4-8,15,25H,9-14H2,2H3. The van der Waals surface area contributed by atoms with Gasteiger partial charge in [0.2, 0.25) is 0 Å². The zero-order valence-corrected chi connectivity index (χ0v) is 15.7. The van der Waals surface area contributed by atoms with E-state index in [1.807, 2.05) is 47.7 Å². The molecule has 1 aromatic heterocycles. The van der Waals surface area contributed by atoms with Gasteiger partial charge >= 0.3 is 0 Å². The van der Waals surface area contributed by atoms with Crippen molar-refractivity contribution in [1.82, 2.24) is 14.8 Å². The molecule has 1 saturated heterocycles. The van der Waals surface area contributed by atoms with Crippen molar-refractivity contribution in [3.8, 4) is 12.3 Å². The van der Waals surface area contributed by atoms with Gasteiger partial charge in [0.25, 0.3) is 5.91 Å². The Bertz CT molecular complexity index is 789. The number of thiazole rings is 1. The van der Waals surface area contributed by atoms with E-state index in [4.69, 9.17) is 6.42 Å². The maximum Gasteiger partial charge on any atom is 0.253 e. The average Bonchev–Trinajstić information content (AvgIpc) is 3.12. The molecule has 1 aromatic carbocycles. The second kappa shape index (κ2) is 8.00. The topological polar surface area (TPSA) is 56.7 Å². The van der Waals surface area contributed by atoms with Crippen LogP contribution in [0.5, 0.6) is 0 Å². The molecule has 1 N–H and O–H groups in total. The summed E-state index contributed by atoms with van der Waals surface area (Å²) in [4.78, 5) is 21.0. The van der Waals surface area contributed by atoms with E-state index in [1.165, 1.54) is 11.3 Å². The molecule has 26 heavy (non-hydrogen) atoms. The first-order chi connectivity index (χ1) is 12.5. The van der Waals surface area contributed by atoms with Crippen LogP contribution in [0.4, 0.5) is 0 Å². The summed E-state index contributed by atoms with van der Waals surface area (Å²) >= 11 is 1.54. The first kappa shape index (κ1) is 18.6. The van der Waals surface area contributed by atoms with Gasteiger partial charge in [-0.1, -0.05) is 24.1 Å². The molecule has 1 fully saturated rings. The van der Waals surface area contributed by atoms with Gasteiger partial charge in [-0.25, -0.2) is 4.98 Å². The smallest absolute Gasteiger partial charge is 0.253 e. The Balaban J connectivity index is 1.62. The summed E-state index contributed by atoms with van der Waals surface area (Å²) in [5, 5.41) is 13.9. The van der Waals surface area contributed by atoms with Gasteiger partial charge < -0.3 is 10.0 Å². The molecule has 1 amide bonds. The monoisotopic (exact) mass is 369 g/mol. The van der Waals surface area contributed by atoms with Crippen LogP contribution in [0, 0.1) is 12.3 Å². The predicted octanol–water partition coefficient (Wildman–Crippen LogP) is 2.33. The zero-order chi connectivity index (χ0) is 18.6. The van der Waals surface area contributed by atoms with E-state index in [9.17, 15) is 9.90 Å². The van der Waals surface area contributed by atoms with Crippen LogP contribution in [-0.4, -0.2) is 52.5 Å². The molecule has 6 heteroatoms. The molecule has 1 aliphatic heterocycles. The van der Waals surface area contributed by atoms with Gasteiger partial charge in [-0.2, -0.15) is 0 Å². The minimum absolute atomic E-state index is 0.0162. The number of carbonyl (C=O) groups excluding carboxylic acids is 1. The number of nitrogens with zero attached hydrogens (tertiary/aromatic N) is 3. The van der Waals surface area contributed by atoms with Crippen LogP contribution in [0.15, 0.2) is 35.7 Å². The Hall–Kier alpha value is -2.20. The molecule has 0 spiro atoms. The number of hydrogen-bond donors (Lipinski definition) is 1. The summed E-state index contributed by atoms with van der Waals surface area (Å²) < 4.78 is 0. The maximum atomic E-state index is 12.5. The normalized spacial score (nSPS) is 16.5. The maximum absolute atomic E-state index is 12.5. The molecule has 0 aliphatic carbocycles. The molecule has 136 valence electrons. The average molecular weight is 369 g/mol. The minimum Gasteiger partial charge on any atom is -0.383 e. The zero-order valence-electron chi connectivity index (χ0n) is 14.9. The van der Waals surface area contributed by atoms with Gasteiger partial charge in [0.05, 0.1) is 18.8 Å². The second-order valence-electron chi connectivity index (χ2n) is 6.69. The quantitative estimate of drug-likeness (QED) is 0.822.